The number of hydrogen-bond donors (Lipinski definition) is 1. The van der Waals surface area contributed by atoms with Gasteiger partial charge in [-0.2, -0.15) is 0 Å². The number of esters is 1. The Labute approximate surface area is 131 Å². The Balaban J connectivity index is 1.86. The van der Waals surface area contributed by atoms with Crippen LogP contribution in [0.3, 0.4) is 0 Å². The van der Waals surface area contributed by atoms with Crippen LogP contribution < -0.4 is 5.32 Å². The molecule has 22 heavy (non-hydrogen) atoms. The van der Waals surface area contributed by atoms with E-state index in [0.717, 1.165) is 25.7 Å². The fraction of sp³-hybridized carbons (Fsp3) is 0.812. The molecule has 2 rings (SSSR count). The van der Waals surface area contributed by atoms with Crippen molar-refractivity contribution >= 4 is 17.8 Å². The normalized spacial score (nSPS) is 25.1. The van der Waals surface area contributed by atoms with Crippen LogP contribution in [0.2, 0.25) is 0 Å². The quantitative estimate of drug-likeness (QED) is 0.549. The minimum absolute atomic E-state index is 0.0198. The standard InChI is InChI=1S/C16H26N2O4/c1-3-4-5-6-13(22-11(2)19)7-8-18-15-10-12(20)9-14(15)17-16(18)21/h13-15H,3-10H2,1-2H3,(H,17,21). The van der Waals surface area contributed by atoms with E-state index >= 15 is 0 Å². The van der Waals surface area contributed by atoms with Crippen molar-refractivity contribution in [3.8, 4) is 0 Å². The van der Waals surface area contributed by atoms with Crippen molar-refractivity contribution < 1.29 is 19.1 Å². The first-order valence-corrected chi connectivity index (χ1v) is 8.27. The third kappa shape index (κ3) is 4.21. The summed E-state index contributed by atoms with van der Waals surface area (Å²) in [6.07, 6.45) is 5.45. The molecular formula is C16H26N2O4. The summed E-state index contributed by atoms with van der Waals surface area (Å²) in [6.45, 7) is 4.08. The van der Waals surface area contributed by atoms with Gasteiger partial charge in [0.05, 0.1) is 12.1 Å². The second-order valence-electron chi connectivity index (χ2n) is 6.28. The van der Waals surface area contributed by atoms with Gasteiger partial charge in [0.25, 0.3) is 0 Å². The molecule has 0 bridgehead atoms. The Morgan fingerprint density at radius 1 is 1.32 bits per heavy atom. The summed E-state index contributed by atoms with van der Waals surface area (Å²) in [5, 5.41) is 2.87. The number of carbonyl (C=O) groups is 3. The summed E-state index contributed by atoms with van der Waals surface area (Å²) in [5.74, 6) is -0.0687. The molecule has 2 amide bonds. The highest BCUT2D eigenvalue weighted by molar-refractivity contribution is 5.88. The second kappa shape index (κ2) is 7.61. The van der Waals surface area contributed by atoms with E-state index in [-0.39, 0.29) is 36.0 Å². The molecule has 3 atom stereocenters. The third-order valence-electron chi connectivity index (χ3n) is 4.47. The van der Waals surface area contributed by atoms with Crippen LogP contribution in [0, 0.1) is 0 Å². The Bertz CT molecular complexity index is 438. The zero-order valence-corrected chi connectivity index (χ0v) is 13.5. The molecule has 1 saturated heterocycles. The van der Waals surface area contributed by atoms with Crippen molar-refractivity contribution in [2.24, 2.45) is 0 Å². The highest BCUT2D eigenvalue weighted by Crippen LogP contribution is 2.27. The van der Waals surface area contributed by atoms with Gasteiger partial charge in [-0.15, -0.1) is 0 Å². The maximum absolute atomic E-state index is 12.0. The van der Waals surface area contributed by atoms with Gasteiger partial charge in [0.2, 0.25) is 0 Å². The maximum Gasteiger partial charge on any atom is 0.318 e. The first-order valence-electron chi connectivity index (χ1n) is 8.27. The van der Waals surface area contributed by atoms with Crippen LogP contribution >= 0.6 is 0 Å². The summed E-state index contributed by atoms with van der Waals surface area (Å²) < 4.78 is 5.36. The fourth-order valence-corrected chi connectivity index (χ4v) is 3.38. The number of hydrogen-bond acceptors (Lipinski definition) is 4. The van der Waals surface area contributed by atoms with Gasteiger partial charge in [-0.3, -0.25) is 9.59 Å². The number of ketones is 1. The first kappa shape index (κ1) is 16.8. The number of rotatable bonds is 8. The lowest BCUT2D eigenvalue weighted by Crippen LogP contribution is -2.37. The molecule has 0 spiro atoms. The van der Waals surface area contributed by atoms with E-state index in [1.807, 2.05) is 0 Å². The van der Waals surface area contributed by atoms with Crippen molar-refractivity contribution in [3.63, 3.8) is 0 Å². The molecule has 0 radical (unpaired) electrons. The van der Waals surface area contributed by atoms with Gasteiger partial charge in [-0.05, 0) is 12.8 Å². The number of ether oxygens (including phenoxy) is 1. The van der Waals surface area contributed by atoms with Crippen LogP contribution in [0.15, 0.2) is 0 Å². The molecule has 1 aliphatic heterocycles. The third-order valence-corrected chi connectivity index (χ3v) is 4.47. The molecule has 6 nitrogen and oxygen atoms in total. The summed E-state index contributed by atoms with van der Waals surface area (Å²) >= 11 is 0. The van der Waals surface area contributed by atoms with Crippen molar-refractivity contribution in [2.45, 2.75) is 77.0 Å². The molecular weight excluding hydrogens is 284 g/mol. The summed E-state index contributed by atoms with van der Waals surface area (Å²) in [5.41, 5.74) is 0. The molecule has 0 aromatic carbocycles. The SMILES string of the molecule is CCCCCC(CCN1C(=O)NC2CC(=O)CC21)OC(C)=O. The highest BCUT2D eigenvalue weighted by Gasteiger charge is 2.45. The van der Waals surface area contributed by atoms with Crippen LogP contribution in [-0.2, 0) is 14.3 Å². The Morgan fingerprint density at radius 3 is 2.77 bits per heavy atom. The van der Waals surface area contributed by atoms with Crippen molar-refractivity contribution in [2.75, 3.05) is 6.54 Å². The number of nitrogens with one attached hydrogen (secondary N) is 1. The molecule has 2 aliphatic rings. The van der Waals surface area contributed by atoms with Crippen molar-refractivity contribution in [1.82, 2.24) is 10.2 Å². The Morgan fingerprint density at radius 2 is 2.09 bits per heavy atom. The Hall–Kier alpha value is -1.59. The van der Waals surface area contributed by atoms with Crippen LogP contribution in [0.1, 0.15) is 58.8 Å². The minimum Gasteiger partial charge on any atom is -0.462 e. The predicted molar refractivity (Wildman–Crippen MR) is 81.4 cm³/mol. The van der Waals surface area contributed by atoms with Crippen LogP contribution in [-0.4, -0.2) is 47.4 Å². The van der Waals surface area contributed by atoms with Crippen molar-refractivity contribution in [1.29, 1.82) is 0 Å². The van der Waals surface area contributed by atoms with Gasteiger partial charge in [-0.25, -0.2) is 4.79 Å². The highest BCUT2D eigenvalue weighted by atomic mass is 16.5. The number of urea groups is 1. The van der Waals surface area contributed by atoms with E-state index in [9.17, 15) is 14.4 Å². The molecule has 0 aromatic rings. The number of carbonyl (C=O) groups excluding carboxylic acids is 3. The molecule has 6 heteroatoms. The Kier molecular flexibility index (Phi) is 5.80. The smallest absolute Gasteiger partial charge is 0.318 e. The van der Waals surface area contributed by atoms with Gasteiger partial charge in [0, 0.05) is 32.7 Å². The first-order chi connectivity index (χ1) is 10.5. The van der Waals surface area contributed by atoms with E-state index in [1.165, 1.54) is 6.92 Å². The summed E-state index contributed by atoms with van der Waals surface area (Å²) in [4.78, 5) is 36.5. The van der Waals surface area contributed by atoms with Crippen LogP contribution in [0.4, 0.5) is 4.79 Å². The average molecular weight is 310 g/mol. The molecule has 124 valence electrons. The van der Waals surface area contributed by atoms with E-state index < -0.39 is 0 Å². The van der Waals surface area contributed by atoms with Gasteiger partial charge in [0.15, 0.2) is 0 Å². The maximum atomic E-state index is 12.0. The molecule has 1 aliphatic carbocycles. The van der Waals surface area contributed by atoms with Gasteiger partial charge >= 0.3 is 12.0 Å². The fourth-order valence-electron chi connectivity index (χ4n) is 3.38. The lowest BCUT2D eigenvalue weighted by atomic mass is 10.1. The van der Waals surface area contributed by atoms with E-state index in [4.69, 9.17) is 4.74 Å². The summed E-state index contributed by atoms with van der Waals surface area (Å²) in [7, 11) is 0. The van der Waals surface area contributed by atoms with Gasteiger partial charge in [0.1, 0.15) is 11.9 Å². The number of nitrogens with zero attached hydrogens (tertiary/aromatic N) is 1. The zero-order chi connectivity index (χ0) is 16.1. The molecule has 2 fully saturated rings. The largest absolute Gasteiger partial charge is 0.462 e. The van der Waals surface area contributed by atoms with E-state index in [1.54, 1.807) is 4.90 Å². The number of Topliss-reactive ketones (excluding diaryl/α,β-unsaturated/α-hetero) is 1. The van der Waals surface area contributed by atoms with E-state index in [0.29, 0.717) is 25.8 Å². The van der Waals surface area contributed by atoms with Gasteiger partial charge in [-0.1, -0.05) is 19.8 Å². The van der Waals surface area contributed by atoms with Crippen LogP contribution in [0.5, 0.6) is 0 Å². The van der Waals surface area contributed by atoms with Crippen LogP contribution in [0.25, 0.3) is 0 Å². The number of unbranched alkanes of at least 4 members (excludes halogenated alkanes) is 2. The molecule has 3 unspecified atom stereocenters. The predicted octanol–water partition coefficient (Wildman–Crippen LogP) is 2.01. The molecule has 1 saturated carbocycles. The topological polar surface area (TPSA) is 75.7 Å². The molecule has 1 N–H and O–H groups in total. The van der Waals surface area contributed by atoms with Gasteiger partial charge < -0.3 is 15.0 Å². The number of fused-ring (bicyclic) bond motifs is 1. The number of amides is 2. The second-order valence-corrected chi connectivity index (χ2v) is 6.28. The molecule has 0 aromatic heterocycles. The monoisotopic (exact) mass is 310 g/mol. The summed E-state index contributed by atoms with van der Waals surface area (Å²) in [6, 6.07) is -0.154. The van der Waals surface area contributed by atoms with Crippen molar-refractivity contribution in [3.05, 3.63) is 0 Å². The molecule has 1 heterocycles. The lowest BCUT2D eigenvalue weighted by Gasteiger charge is -2.24. The lowest BCUT2D eigenvalue weighted by molar-refractivity contribution is -0.147. The average Bonchev–Trinajstić information content (AvgIpc) is 2.91. The zero-order valence-electron chi connectivity index (χ0n) is 13.5. The minimum atomic E-state index is -0.277. The van der Waals surface area contributed by atoms with E-state index in [2.05, 4.69) is 12.2 Å².